The summed E-state index contributed by atoms with van der Waals surface area (Å²) in [4.78, 5) is 0. The van der Waals surface area contributed by atoms with Gasteiger partial charge in [-0.25, -0.2) is 0 Å². The van der Waals surface area contributed by atoms with Crippen molar-refractivity contribution in [1.29, 1.82) is 0 Å². The summed E-state index contributed by atoms with van der Waals surface area (Å²) in [5.74, 6) is 0. The summed E-state index contributed by atoms with van der Waals surface area (Å²) >= 11 is 0. The smallest absolute Gasteiger partial charge is 0.652 e. The van der Waals surface area contributed by atoms with Crippen molar-refractivity contribution in [2.45, 2.75) is 57.7 Å². The Kier molecular flexibility index (Phi) is 5.86. The molecule has 0 unspecified atom stereocenters. The molecule has 0 aromatic rings. The van der Waals surface area contributed by atoms with Crippen molar-refractivity contribution < 1.29 is 58.2 Å². The van der Waals surface area contributed by atoms with Crippen molar-refractivity contribution in [3.05, 3.63) is 5.32 Å². The first-order valence-electron chi connectivity index (χ1n) is 4.76. The predicted octanol–water partition coefficient (Wildman–Crippen LogP) is -0.697. The molecule has 1 N–H and O–H groups in total. The predicted molar refractivity (Wildman–Crippen MR) is 53.6 cm³/mol. The van der Waals surface area contributed by atoms with Gasteiger partial charge in [0.1, 0.15) is 0 Å². The van der Waals surface area contributed by atoms with E-state index < -0.39 is 0 Å². The molecule has 3 heteroatoms. The van der Waals surface area contributed by atoms with Crippen molar-refractivity contribution in [3.8, 4) is 0 Å². The van der Waals surface area contributed by atoms with E-state index in [2.05, 4.69) is 33.0 Å². The van der Waals surface area contributed by atoms with E-state index in [4.69, 9.17) is 5.32 Å². The molecule has 0 atom stereocenters. The molecule has 2 nitrogen and oxygen atoms in total. The Balaban J connectivity index is 0.00000144. The summed E-state index contributed by atoms with van der Waals surface area (Å²) < 4.78 is 0. The van der Waals surface area contributed by atoms with Gasteiger partial charge in [-0.05, 0) is 7.05 Å². The van der Waals surface area contributed by atoms with E-state index in [9.17, 15) is 0 Å². The molecule has 1 fully saturated rings. The second kappa shape index (κ2) is 5.17. The maximum absolute atomic E-state index is 4.80. The monoisotopic (exact) mass is 254 g/mol. The largest absolute Gasteiger partial charge is 1.00 e. The molecule has 0 radical (unpaired) electrons. The topological polar surface area (TPSA) is 26.1 Å². The second-order valence-corrected chi connectivity index (χ2v) is 5.13. The van der Waals surface area contributed by atoms with Crippen molar-refractivity contribution in [1.82, 2.24) is 5.32 Å². The number of piperidine rings is 1. The molecule has 1 rings (SSSR count). The van der Waals surface area contributed by atoms with E-state index in [1.165, 1.54) is 0 Å². The second-order valence-electron chi connectivity index (χ2n) is 5.13. The SMILES string of the molecule is CNC1CC(C)(C)[N-]C(C)(C)C1.[Rb+]. The molecule has 0 aliphatic carbocycles. The number of hydrogen-bond acceptors (Lipinski definition) is 1. The average molecular weight is 255 g/mol. The average Bonchev–Trinajstić information content (AvgIpc) is 1.80. The zero-order chi connectivity index (χ0) is 9.41. The number of nitrogens with one attached hydrogen (secondary N) is 1. The Hall–Kier alpha value is 1.73. The van der Waals surface area contributed by atoms with Crippen LogP contribution in [0.1, 0.15) is 40.5 Å². The molecule has 0 amide bonds. The Morgan fingerprint density at radius 3 is 1.77 bits per heavy atom. The first-order chi connectivity index (χ1) is 5.35. The fourth-order valence-electron chi connectivity index (χ4n) is 2.39. The van der Waals surface area contributed by atoms with Crippen molar-refractivity contribution in [3.63, 3.8) is 0 Å². The Bertz CT molecular complexity index is 150. The summed E-state index contributed by atoms with van der Waals surface area (Å²) in [7, 11) is 2.04. The molecule has 0 aromatic heterocycles. The molecule has 0 saturated carbocycles. The van der Waals surface area contributed by atoms with Gasteiger partial charge in [0.15, 0.2) is 0 Å². The van der Waals surface area contributed by atoms with Crippen LogP contribution in [0, 0.1) is 0 Å². The summed E-state index contributed by atoms with van der Waals surface area (Å²) in [6.45, 7) is 8.88. The van der Waals surface area contributed by atoms with Crippen LogP contribution in [-0.2, 0) is 0 Å². The summed E-state index contributed by atoms with van der Waals surface area (Å²) in [6.07, 6.45) is 2.32. The zero-order valence-electron chi connectivity index (χ0n) is 9.94. The van der Waals surface area contributed by atoms with Gasteiger partial charge < -0.3 is 10.6 Å². The van der Waals surface area contributed by atoms with Gasteiger partial charge in [0.25, 0.3) is 0 Å². The van der Waals surface area contributed by atoms with E-state index in [0.29, 0.717) is 6.04 Å². The standard InChI is InChI=1S/C10H21N2.Rb/c1-9(2)6-8(11-5)7-10(3,4)12-9;/h8,11H,6-7H2,1-5H3;/q-1;+1. The van der Waals surface area contributed by atoms with Gasteiger partial charge >= 0.3 is 58.2 Å². The molecule has 0 spiro atoms. The Morgan fingerprint density at radius 1 is 1.08 bits per heavy atom. The minimum atomic E-state index is 0. The maximum Gasteiger partial charge on any atom is 1.00 e. The number of rotatable bonds is 1. The van der Waals surface area contributed by atoms with Crippen LogP contribution in [0.25, 0.3) is 5.32 Å². The third-order valence-electron chi connectivity index (χ3n) is 2.51. The Morgan fingerprint density at radius 2 is 1.46 bits per heavy atom. The molecular formula is C10H21N2Rb. The van der Waals surface area contributed by atoms with Crippen molar-refractivity contribution in [2.75, 3.05) is 7.05 Å². The van der Waals surface area contributed by atoms with Crippen LogP contribution in [0.4, 0.5) is 0 Å². The van der Waals surface area contributed by atoms with Crippen LogP contribution in [0.5, 0.6) is 0 Å². The van der Waals surface area contributed by atoms with Crippen molar-refractivity contribution >= 4 is 0 Å². The van der Waals surface area contributed by atoms with Gasteiger partial charge in [-0.3, -0.25) is 0 Å². The summed E-state index contributed by atoms with van der Waals surface area (Å²) in [6, 6.07) is 0.632. The van der Waals surface area contributed by atoms with Gasteiger partial charge in [-0.1, -0.05) is 40.5 Å². The third-order valence-corrected chi connectivity index (χ3v) is 2.51. The van der Waals surface area contributed by atoms with E-state index in [1.54, 1.807) is 0 Å². The normalized spacial score (nSPS) is 26.5. The first kappa shape index (κ1) is 14.7. The van der Waals surface area contributed by atoms with E-state index in [1.807, 2.05) is 7.05 Å². The summed E-state index contributed by atoms with van der Waals surface area (Å²) in [5.41, 5.74) is 0.296. The maximum atomic E-state index is 4.80. The van der Waals surface area contributed by atoms with Crippen molar-refractivity contribution in [2.24, 2.45) is 0 Å². The third kappa shape index (κ3) is 4.85. The minimum absolute atomic E-state index is 0. The summed E-state index contributed by atoms with van der Waals surface area (Å²) in [5, 5.41) is 8.16. The Labute approximate surface area is 131 Å². The molecular weight excluding hydrogens is 234 g/mol. The van der Waals surface area contributed by atoms with Crippen LogP contribution in [0.15, 0.2) is 0 Å². The van der Waals surface area contributed by atoms with Gasteiger partial charge in [-0.15, -0.1) is 11.1 Å². The van der Waals surface area contributed by atoms with Crippen LogP contribution in [-0.4, -0.2) is 24.2 Å². The molecule has 1 aliphatic heterocycles. The van der Waals surface area contributed by atoms with Gasteiger partial charge in [0.05, 0.1) is 0 Å². The zero-order valence-corrected chi connectivity index (χ0v) is 14.9. The first-order valence-corrected chi connectivity index (χ1v) is 4.76. The molecule has 1 aliphatic rings. The van der Waals surface area contributed by atoms with E-state index in [0.717, 1.165) is 12.8 Å². The van der Waals surface area contributed by atoms with Crippen LogP contribution < -0.4 is 63.5 Å². The molecule has 72 valence electrons. The minimum Gasteiger partial charge on any atom is -0.652 e. The van der Waals surface area contributed by atoms with Gasteiger partial charge in [0.2, 0.25) is 0 Å². The molecule has 13 heavy (non-hydrogen) atoms. The quantitative estimate of drug-likeness (QED) is 0.658. The fraction of sp³-hybridized carbons (Fsp3) is 1.00. The number of hydrogen-bond donors (Lipinski definition) is 1. The van der Waals surface area contributed by atoms with Crippen LogP contribution >= 0.6 is 0 Å². The molecule has 1 heterocycles. The molecule has 1 saturated heterocycles. The van der Waals surface area contributed by atoms with Gasteiger partial charge in [-0.2, -0.15) is 0 Å². The van der Waals surface area contributed by atoms with Crippen LogP contribution in [0.3, 0.4) is 0 Å². The van der Waals surface area contributed by atoms with Gasteiger partial charge in [0, 0.05) is 6.04 Å². The molecule has 0 bridgehead atoms. The van der Waals surface area contributed by atoms with E-state index in [-0.39, 0.29) is 69.3 Å². The van der Waals surface area contributed by atoms with E-state index >= 15 is 0 Å². The number of nitrogens with zero attached hydrogens (tertiary/aromatic N) is 1. The van der Waals surface area contributed by atoms with Crippen LogP contribution in [0.2, 0.25) is 0 Å². The fourth-order valence-corrected chi connectivity index (χ4v) is 2.39. The molecule has 0 aromatic carbocycles.